The van der Waals surface area contributed by atoms with Gasteiger partial charge in [0.05, 0.1) is 5.56 Å². The predicted molar refractivity (Wildman–Crippen MR) is 94.4 cm³/mol. The van der Waals surface area contributed by atoms with Crippen molar-refractivity contribution in [2.24, 2.45) is 0 Å². The minimum absolute atomic E-state index is 0.108. The van der Waals surface area contributed by atoms with E-state index in [9.17, 15) is 10.3 Å². The molecule has 4 heteroatoms. The van der Waals surface area contributed by atoms with Crippen molar-refractivity contribution in [1.82, 2.24) is 0 Å². The molecular formula is C20H22N2O2. The van der Waals surface area contributed by atoms with Crippen molar-refractivity contribution in [3.63, 3.8) is 0 Å². The third-order valence-corrected chi connectivity index (χ3v) is 3.86. The summed E-state index contributed by atoms with van der Waals surface area (Å²) in [5, 5.41) is 0. The number of hydrogen-bond donors (Lipinski definition) is 0. The first-order chi connectivity index (χ1) is 11.5. The van der Waals surface area contributed by atoms with Crippen LogP contribution < -0.4 is 4.74 Å². The maximum atomic E-state index is 12.6. The highest BCUT2D eigenvalue weighted by Crippen LogP contribution is 2.34. The highest BCUT2D eigenvalue weighted by Gasteiger charge is 2.27. The molecule has 0 radical (unpaired) electrons. The van der Waals surface area contributed by atoms with E-state index in [-0.39, 0.29) is 17.5 Å². The SMILES string of the molecule is CC(C)c1cccc(C(C)C)c1OC(=O)C(=[N+]=[N-])c1ccccc1. The van der Waals surface area contributed by atoms with Crippen LogP contribution in [0.2, 0.25) is 0 Å². The van der Waals surface area contributed by atoms with E-state index in [0.717, 1.165) is 11.1 Å². The van der Waals surface area contributed by atoms with Crippen molar-refractivity contribution < 1.29 is 14.3 Å². The predicted octanol–water partition coefficient (Wildman–Crippen LogP) is 4.56. The van der Waals surface area contributed by atoms with Crippen LogP contribution in [-0.2, 0) is 4.79 Å². The average molecular weight is 322 g/mol. The quantitative estimate of drug-likeness (QED) is 0.266. The van der Waals surface area contributed by atoms with Crippen molar-refractivity contribution in [2.75, 3.05) is 0 Å². The largest absolute Gasteiger partial charge is 0.427 e. The summed E-state index contributed by atoms with van der Waals surface area (Å²) in [7, 11) is 0. The van der Waals surface area contributed by atoms with Gasteiger partial charge in [0.1, 0.15) is 5.75 Å². The highest BCUT2D eigenvalue weighted by atomic mass is 16.5. The zero-order valence-electron chi connectivity index (χ0n) is 14.5. The molecule has 0 aliphatic carbocycles. The van der Waals surface area contributed by atoms with Gasteiger partial charge in [-0.3, -0.25) is 0 Å². The lowest BCUT2D eigenvalue weighted by Crippen LogP contribution is -2.24. The van der Waals surface area contributed by atoms with Crippen molar-refractivity contribution in [3.8, 4) is 5.75 Å². The second kappa shape index (κ2) is 7.71. The molecule has 0 unspecified atom stereocenters. The fourth-order valence-electron chi connectivity index (χ4n) is 2.55. The molecule has 2 aromatic rings. The van der Waals surface area contributed by atoms with Gasteiger partial charge >= 0.3 is 11.7 Å². The molecule has 0 aromatic heterocycles. The van der Waals surface area contributed by atoms with Crippen LogP contribution in [-0.4, -0.2) is 16.5 Å². The van der Waals surface area contributed by atoms with Crippen LogP contribution in [0.25, 0.3) is 5.53 Å². The van der Waals surface area contributed by atoms with Gasteiger partial charge in [0.15, 0.2) is 0 Å². The molecule has 0 amide bonds. The Morgan fingerprint density at radius 1 is 0.917 bits per heavy atom. The molecule has 0 N–H and O–H groups in total. The Balaban J connectivity index is 2.43. The molecule has 2 aromatic carbocycles. The van der Waals surface area contributed by atoms with E-state index in [4.69, 9.17) is 4.74 Å². The van der Waals surface area contributed by atoms with E-state index < -0.39 is 5.97 Å². The number of esters is 1. The molecule has 2 rings (SSSR count). The topological polar surface area (TPSA) is 62.7 Å². The van der Waals surface area contributed by atoms with E-state index >= 15 is 0 Å². The lowest BCUT2D eigenvalue weighted by atomic mass is 9.94. The van der Waals surface area contributed by atoms with E-state index in [1.165, 1.54) is 0 Å². The number of carbonyl (C=O) groups is 1. The van der Waals surface area contributed by atoms with E-state index in [0.29, 0.717) is 11.3 Å². The van der Waals surface area contributed by atoms with E-state index in [1.54, 1.807) is 24.3 Å². The van der Waals surface area contributed by atoms with Crippen LogP contribution in [0.3, 0.4) is 0 Å². The van der Waals surface area contributed by atoms with Crippen LogP contribution in [0.4, 0.5) is 0 Å². The number of para-hydroxylation sites is 1. The minimum Gasteiger partial charge on any atom is -0.417 e. The number of ether oxygens (including phenoxy) is 1. The zero-order valence-corrected chi connectivity index (χ0v) is 14.5. The number of carbonyl (C=O) groups excluding carboxylic acids is 1. The van der Waals surface area contributed by atoms with Gasteiger partial charge in [0.2, 0.25) is 0 Å². The third kappa shape index (κ3) is 3.79. The maximum absolute atomic E-state index is 12.6. The lowest BCUT2D eigenvalue weighted by molar-refractivity contribution is -0.131. The third-order valence-electron chi connectivity index (χ3n) is 3.86. The van der Waals surface area contributed by atoms with Crippen LogP contribution >= 0.6 is 0 Å². The second-order valence-corrected chi connectivity index (χ2v) is 6.28. The first-order valence-corrected chi connectivity index (χ1v) is 8.08. The Bertz CT molecular complexity index is 747. The van der Waals surface area contributed by atoms with Crippen LogP contribution in [0, 0.1) is 0 Å². The molecule has 0 aliphatic rings. The molecule has 0 heterocycles. The molecule has 4 nitrogen and oxygen atoms in total. The monoisotopic (exact) mass is 322 g/mol. The maximum Gasteiger partial charge on any atom is 0.427 e. The Hall–Kier alpha value is -2.71. The number of hydrogen-bond acceptors (Lipinski definition) is 2. The number of rotatable bonds is 5. The van der Waals surface area contributed by atoms with Gasteiger partial charge in [-0.25, -0.2) is 4.79 Å². The van der Waals surface area contributed by atoms with Gasteiger partial charge < -0.3 is 10.3 Å². The molecule has 0 bridgehead atoms. The van der Waals surface area contributed by atoms with Crippen LogP contribution in [0.1, 0.15) is 56.2 Å². The number of nitrogens with zero attached hydrogens (tertiary/aromatic N) is 2. The smallest absolute Gasteiger partial charge is 0.417 e. The van der Waals surface area contributed by atoms with Gasteiger partial charge in [-0.2, -0.15) is 4.79 Å². The summed E-state index contributed by atoms with van der Waals surface area (Å²) in [5.74, 6) is 0.304. The summed E-state index contributed by atoms with van der Waals surface area (Å²) in [6.45, 7) is 8.20. The van der Waals surface area contributed by atoms with Crippen LogP contribution in [0.5, 0.6) is 5.75 Å². The summed E-state index contributed by atoms with van der Waals surface area (Å²) in [4.78, 5) is 15.7. The van der Waals surface area contributed by atoms with Crippen molar-refractivity contribution in [2.45, 2.75) is 39.5 Å². The lowest BCUT2D eigenvalue weighted by Gasteiger charge is -2.18. The fourth-order valence-corrected chi connectivity index (χ4v) is 2.55. The Kier molecular flexibility index (Phi) is 5.67. The summed E-state index contributed by atoms with van der Waals surface area (Å²) in [6.07, 6.45) is 0. The first-order valence-electron chi connectivity index (χ1n) is 8.08. The molecule has 0 atom stereocenters. The molecule has 0 saturated carbocycles. The Labute approximate surface area is 142 Å². The van der Waals surface area contributed by atoms with Gasteiger partial charge in [0.25, 0.3) is 0 Å². The molecule has 0 aliphatic heterocycles. The molecule has 0 spiro atoms. The molecule has 0 fully saturated rings. The van der Waals surface area contributed by atoms with Gasteiger partial charge in [-0.1, -0.05) is 64.1 Å². The van der Waals surface area contributed by atoms with Crippen molar-refractivity contribution in [3.05, 3.63) is 70.8 Å². The van der Waals surface area contributed by atoms with Gasteiger partial charge in [-0.05, 0) is 35.1 Å². The summed E-state index contributed by atoms with van der Waals surface area (Å²) in [5.41, 5.74) is 11.6. The summed E-state index contributed by atoms with van der Waals surface area (Å²) >= 11 is 0. The van der Waals surface area contributed by atoms with E-state index in [1.807, 2.05) is 24.3 Å². The number of benzene rings is 2. The average Bonchev–Trinajstić information content (AvgIpc) is 2.56. The fraction of sp³-hybridized carbons (Fsp3) is 0.300. The summed E-state index contributed by atoms with van der Waals surface area (Å²) in [6, 6.07) is 14.7. The first kappa shape index (κ1) is 17.6. The Morgan fingerprint density at radius 2 is 1.46 bits per heavy atom. The highest BCUT2D eigenvalue weighted by molar-refractivity contribution is 6.41. The molecular weight excluding hydrogens is 300 g/mol. The summed E-state index contributed by atoms with van der Waals surface area (Å²) < 4.78 is 5.68. The Morgan fingerprint density at radius 3 is 1.92 bits per heavy atom. The second-order valence-electron chi connectivity index (χ2n) is 6.28. The molecule has 0 saturated heterocycles. The van der Waals surface area contributed by atoms with E-state index in [2.05, 4.69) is 32.5 Å². The zero-order chi connectivity index (χ0) is 17.7. The molecule has 124 valence electrons. The van der Waals surface area contributed by atoms with Crippen LogP contribution in [0.15, 0.2) is 48.5 Å². The minimum atomic E-state index is -0.668. The van der Waals surface area contributed by atoms with Gasteiger partial charge in [-0.15, -0.1) is 0 Å². The van der Waals surface area contributed by atoms with Crippen molar-refractivity contribution in [1.29, 1.82) is 0 Å². The molecule has 24 heavy (non-hydrogen) atoms. The van der Waals surface area contributed by atoms with Crippen molar-refractivity contribution >= 4 is 11.7 Å². The van der Waals surface area contributed by atoms with Gasteiger partial charge in [0, 0.05) is 0 Å². The normalized spacial score (nSPS) is 10.6. The standard InChI is InChI=1S/C20H22N2O2/c1-13(2)16-11-8-12-17(14(3)4)19(16)24-20(23)18(22-21)15-9-6-5-7-10-15/h5-14H,1-4H3.